The van der Waals surface area contributed by atoms with Gasteiger partial charge in [-0.3, -0.25) is 4.79 Å². The average molecular weight is 268 g/mol. The molecule has 0 heterocycles. The molecule has 94 valence electrons. The van der Waals surface area contributed by atoms with Gasteiger partial charge in [-0.05, 0) is 66.4 Å². The molecule has 1 unspecified atom stereocenters. The molecule has 2 nitrogen and oxygen atoms in total. The summed E-state index contributed by atoms with van der Waals surface area (Å²) in [7, 11) is 0. The monoisotopic (exact) mass is 267 g/mol. The number of nitrogens with two attached hydrogens (primary N) is 1. The first-order chi connectivity index (χ1) is 10.8. The van der Waals surface area contributed by atoms with Crippen molar-refractivity contribution < 1.29 is 13.0 Å². The second kappa shape index (κ2) is 4.13. The molecule has 1 amide bonds. The highest BCUT2D eigenvalue weighted by molar-refractivity contribution is 6.31. The molecular formula is C15H16ClNO. The molecule has 0 bridgehead atoms. The second-order valence-corrected chi connectivity index (χ2v) is 4.97. The summed E-state index contributed by atoms with van der Waals surface area (Å²) in [6, 6.07) is 3.32. The molecule has 0 radical (unpaired) electrons. The molecule has 1 aromatic rings. The minimum Gasteiger partial charge on any atom is -0.369 e. The van der Waals surface area contributed by atoms with Crippen LogP contribution in [0.25, 0.3) is 5.57 Å². The topological polar surface area (TPSA) is 43.1 Å². The fourth-order valence-corrected chi connectivity index (χ4v) is 2.65. The minimum atomic E-state index is -2.93. The molecule has 2 aliphatic rings. The van der Waals surface area contributed by atoms with Crippen molar-refractivity contribution in [2.45, 2.75) is 32.5 Å². The van der Waals surface area contributed by atoms with Crippen LogP contribution in [0.1, 0.15) is 44.0 Å². The fourth-order valence-electron chi connectivity index (χ4n) is 2.48. The Hall–Kier alpha value is -1.28. The van der Waals surface area contributed by atoms with Gasteiger partial charge in [0.15, 0.2) is 0 Å². The van der Waals surface area contributed by atoms with E-state index in [0.29, 0.717) is 16.1 Å². The zero-order chi connectivity index (χ0) is 18.2. The lowest BCUT2D eigenvalue weighted by atomic mass is 9.82. The van der Waals surface area contributed by atoms with E-state index in [1.807, 2.05) is 0 Å². The quantitative estimate of drug-likeness (QED) is 0.834. The van der Waals surface area contributed by atoms with Gasteiger partial charge in [0.25, 0.3) is 0 Å². The van der Waals surface area contributed by atoms with E-state index in [9.17, 15) is 4.79 Å². The van der Waals surface area contributed by atoms with E-state index in [2.05, 4.69) is 0 Å². The van der Waals surface area contributed by atoms with E-state index in [-0.39, 0.29) is 17.6 Å². The Labute approximate surface area is 120 Å². The molecule has 0 fully saturated rings. The van der Waals surface area contributed by atoms with Gasteiger partial charge in [0.05, 0.1) is 5.92 Å². The van der Waals surface area contributed by atoms with Gasteiger partial charge in [-0.25, -0.2) is 0 Å². The van der Waals surface area contributed by atoms with E-state index >= 15 is 0 Å². The number of fused-ring (bicyclic) bond motifs is 2. The zero-order valence-corrected chi connectivity index (χ0v) is 10.6. The lowest BCUT2D eigenvalue weighted by Gasteiger charge is -2.22. The zero-order valence-electron chi connectivity index (χ0n) is 15.8. The highest BCUT2D eigenvalue weighted by Crippen LogP contribution is 2.45. The van der Waals surface area contributed by atoms with Crippen molar-refractivity contribution in [3.05, 3.63) is 39.4 Å². The predicted molar refractivity (Wildman–Crippen MR) is 73.3 cm³/mol. The summed E-state index contributed by atoms with van der Waals surface area (Å²) in [5.74, 6) is -2.53. The van der Waals surface area contributed by atoms with Crippen LogP contribution in [-0.2, 0) is 11.2 Å². The number of halogens is 1. The van der Waals surface area contributed by atoms with E-state index in [1.165, 1.54) is 0 Å². The highest BCUT2D eigenvalue weighted by atomic mass is 35.5. The number of aryl methyl sites for hydroxylation is 1. The van der Waals surface area contributed by atoms with Crippen molar-refractivity contribution in [2.24, 2.45) is 11.7 Å². The predicted octanol–water partition coefficient (Wildman–Crippen LogP) is 3.24. The third-order valence-electron chi connectivity index (χ3n) is 3.39. The summed E-state index contributed by atoms with van der Waals surface area (Å²) in [6.45, 7) is 1.79. The summed E-state index contributed by atoms with van der Waals surface area (Å²) in [5.41, 5.74) is 7.49. The molecule has 1 atom stereocenters. The standard InChI is InChI=1S/C15H16ClNO/c1-8-5-9-6-13-10(12(9)7-14(8)16)3-2-4-11(13)15(17)18/h5,7,11H,2-4,6H2,1H3,(H2,17,18)/i2D2,3D2,4D2. The lowest BCUT2D eigenvalue weighted by molar-refractivity contribution is -0.121. The summed E-state index contributed by atoms with van der Waals surface area (Å²) in [4.78, 5) is 11.9. The van der Waals surface area contributed by atoms with Gasteiger partial charge in [0.1, 0.15) is 0 Å². The van der Waals surface area contributed by atoms with Crippen molar-refractivity contribution in [3.8, 4) is 0 Å². The Morgan fingerprint density at radius 3 is 3.06 bits per heavy atom. The maximum absolute atomic E-state index is 11.9. The Bertz CT molecular complexity index is 801. The van der Waals surface area contributed by atoms with Crippen molar-refractivity contribution >= 4 is 23.1 Å². The first-order valence-corrected chi connectivity index (χ1v) is 6.04. The third kappa shape index (κ3) is 1.67. The first kappa shape index (κ1) is 6.76. The van der Waals surface area contributed by atoms with E-state index < -0.39 is 30.9 Å². The Balaban J connectivity index is 2.36. The van der Waals surface area contributed by atoms with Crippen LogP contribution >= 0.6 is 11.6 Å². The van der Waals surface area contributed by atoms with Gasteiger partial charge in [0.2, 0.25) is 5.91 Å². The van der Waals surface area contributed by atoms with Crippen molar-refractivity contribution in [1.29, 1.82) is 0 Å². The SMILES string of the molecule is [2H]C1([2H])C2=C(Cc3cc(C)c(Cl)cc32)C(C(N)=O)C([2H])([2H])C1([2H])[2H]. The number of rotatable bonds is 1. The normalized spacial score (nSPS) is 35.1. The van der Waals surface area contributed by atoms with Crippen LogP contribution in [0.15, 0.2) is 17.7 Å². The number of allylic oxidation sites excluding steroid dienone is 1. The Morgan fingerprint density at radius 1 is 1.56 bits per heavy atom. The molecule has 3 rings (SSSR count). The first-order valence-electron chi connectivity index (χ1n) is 8.66. The van der Waals surface area contributed by atoms with E-state index in [0.717, 1.165) is 5.56 Å². The van der Waals surface area contributed by atoms with Crippen LogP contribution in [0.5, 0.6) is 0 Å². The Kier molecular flexibility index (Phi) is 1.55. The minimum absolute atomic E-state index is 0.00308. The maximum Gasteiger partial charge on any atom is 0.224 e. The van der Waals surface area contributed by atoms with Crippen LogP contribution in [0.3, 0.4) is 0 Å². The number of benzene rings is 1. The van der Waals surface area contributed by atoms with Crippen LogP contribution in [0.2, 0.25) is 5.02 Å². The van der Waals surface area contributed by atoms with E-state index in [1.54, 1.807) is 19.1 Å². The number of carbonyl (C=O) groups excluding carboxylic acids is 1. The molecule has 18 heavy (non-hydrogen) atoms. The van der Waals surface area contributed by atoms with Crippen LogP contribution in [0, 0.1) is 12.8 Å². The van der Waals surface area contributed by atoms with Crippen molar-refractivity contribution in [3.63, 3.8) is 0 Å². The summed E-state index contributed by atoms with van der Waals surface area (Å²) in [5, 5.41) is 0.406. The van der Waals surface area contributed by atoms with E-state index in [4.69, 9.17) is 25.6 Å². The Morgan fingerprint density at radius 2 is 2.33 bits per heavy atom. The summed E-state index contributed by atoms with van der Waals surface area (Å²) >= 11 is 6.14. The molecule has 2 N–H and O–H groups in total. The lowest BCUT2D eigenvalue weighted by Crippen LogP contribution is -2.27. The van der Waals surface area contributed by atoms with Gasteiger partial charge in [-0.2, -0.15) is 0 Å². The molecule has 0 aliphatic heterocycles. The van der Waals surface area contributed by atoms with Crippen molar-refractivity contribution in [2.75, 3.05) is 0 Å². The summed E-state index contributed by atoms with van der Waals surface area (Å²) < 4.78 is 49.0. The van der Waals surface area contributed by atoms with Crippen LogP contribution in [0.4, 0.5) is 0 Å². The number of carbonyl (C=O) groups is 1. The maximum atomic E-state index is 11.9. The molecular weight excluding hydrogens is 246 g/mol. The van der Waals surface area contributed by atoms with Gasteiger partial charge < -0.3 is 5.73 Å². The van der Waals surface area contributed by atoms with Gasteiger partial charge >= 0.3 is 0 Å². The van der Waals surface area contributed by atoms with Gasteiger partial charge in [-0.1, -0.05) is 17.7 Å². The number of amides is 1. The molecule has 0 saturated heterocycles. The number of primary amides is 1. The molecule has 1 aromatic carbocycles. The van der Waals surface area contributed by atoms with Crippen molar-refractivity contribution in [1.82, 2.24) is 0 Å². The number of hydrogen-bond donors (Lipinski definition) is 1. The summed E-state index contributed by atoms with van der Waals surface area (Å²) in [6.07, 6.45) is -8.16. The smallest absolute Gasteiger partial charge is 0.224 e. The van der Waals surface area contributed by atoms with Gasteiger partial charge in [-0.15, -0.1) is 0 Å². The fraction of sp³-hybridized carbons (Fsp3) is 0.400. The molecule has 0 saturated carbocycles. The third-order valence-corrected chi connectivity index (χ3v) is 3.80. The van der Waals surface area contributed by atoms with Gasteiger partial charge in [0, 0.05) is 13.2 Å². The highest BCUT2D eigenvalue weighted by Gasteiger charge is 2.33. The average Bonchev–Trinajstić information content (AvgIpc) is 2.75. The molecule has 0 aromatic heterocycles. The number of hydrogen-bond acceptors (Lipinski definition) is 1. The van der Waals surface area contributed by atoms with Crippen LogP contribution < -0.4 is 5.73 Å². The largest absolute Gasteiger partial charge is 0.369 e. The van der Waals surface area contributed by atoms with Crippen LogP contribution in [-0.4, -0.2) is 5.91 Å². The molecule has 2 aliphatic carbocycles. The molecule has 0 spiro atoms. The molecule has 3 heteroatoms. The second-order valence-electron chi connectivity index (χ2n) is 4.57.